The molecule has 1 aromatic carbocycles. The van der Waals surface area contributed by atoms with Crippen LogP contribution in [0.15, 0.2) is 30.3 Å². The van der Waals surface area contributed by atoms with E-state index in [9.17, 15) is 14.0 Å². The van der Waals surface area contributed by atoms with E-state index < -0.39 is 17.8 Å². The number of halogens is 1. The maximum atomic E-state index is 14.1. The lowest BCUT2D eigenvalue weighted by atomic mass is 10.1. The zero-order valence-electron chi connectivity index (χ0n) is 13.6. The van der Waals surface area contributed by atoms with Crippen LogP contribution in [0.3, 0.4) is 0 Å². The first kappa shape index (κ1) is 17.4. The summed E-state index contributed by atoms with van der Waals surface area (Å²) in [5.41, 5.74) is 0.611. The Labute approximate surface area is 148 Å². The molecule has 1 atom stereocenters. The zero-order valence-corrected chi connectivity index (χ0v) is 14.4. The lowest BCUT2D eigenvalue weighted by Crippen LogP contribution is -2.26. The second-order valence-electron chi connectivity index (χ2n) is 6.11. The number of rotatable bonds is 7. The predicted octanol–water partition coefficient (Wildman–Crippen LogP) is 3.87. The topological polar surface area (TPSA) is 75.6 Å². The Morgan fingerprint density at radius 3 is 2.64 bits per heavy atom. The third-order valence-electron chi connectivity index (χ3n) is 4.02. The van der Waals surface area contributed by atoms with Crippen LogP contribution >= 0.6 is 11.3 Å². The number of aromatic carboxylic acids is 1. The van der Waals surface area contributed by atoms with Crippen molar-refractivity contribution in [2.24, 2.45) is 5.92 Å². The molecule has 3 rings (SSSR count). The average molecular weight is 363 g/mol. The van der Waals surface area contributed by atoms with Crippen LogP contribution in [0, 0.1) is 11.7 Å². The van der Waals surface area contributed by atoms with Gasteiger partial charge >= 0.3 is 5.97 Å². The van der Waals surface area contributed by atoms with Gasteiger partial charge in [0.05, 0.1) is 17.5 Å². The fourth-order valence-electron chi connectivity index (χ4n) is 2.32. The molecule has 0 aliphatic heterocycles. The van der Waals surface area contributed by atoms with Crippen molar-refractivity contribution in [1.29, 1.82) is 0 Å². The molecule has 0 bridgehead atoms. The molecule has 0 saturated heterocycles. The van der Waals surface area contributed by atoms with Crippen LogP contribution in [0.25, 0.3) is 0 Å². The van der Waals surface area contributed by atoms with Gasteiger partial charge < -0.3 is 15.2 Å². The maximum absolute atomic E-state index is 14.1. The Bertz CT molecular complexity index is 800. The highest BCUT2D eigenvalue weighted by molar-refractivity contribution is 7.15. The third-order valence-corrected chi connectivity index (χ3v) is 5.09. The van der Waals surface area contributed by atoms with Crippen LogP contribution < -0.4 is 10.1 Å². The van der Waals surface area contributed by atoms with Crippen molar-refractivity contribution in [3.05, 3.63) is 51.5 Å². The van der Waals surface area contributed by atoms with Gasteiger partial charge in [0.2, 0.25) is 0 Å². The molecule has 25 heavy (non-hydrogen) atoms. The number of nitrogens with one attached hydrogen (secondary N) is 1. The van der Waals surface area contributed by atoms with Crippen LogP contribution in [0.4, 0.5) is 4.39 Å². The number of thiophene rings is 1. The summed E-state index contributed by atoms with van der Waals surface area (Å²) < 4.78 is 19.6. The number of benzene rings is 1. The standard InChI is InChI=1S/C18H18FNO4S/c1-10(20-17(21)15-6-7-16(25-15)18(22)23)12-4-5-14(13(19)8-12)24-9-11-2-3-11/h4-8,10-11H,2-3,9H2,1H3,(H,20,21)(H,22,23). The molecule has 1 aliphatic carbocycles. The molecule has 1 saturated carbocycles. The van der Waals surface area contributed by atoms with Gasteiger partial charge in [-0.25, -0.2) is 9.18 Å². The number of carboxylic acid groups (broad SMARTS) is 1. The summed E-state index contributed by atoms with van der Waals surface area (Å²) >= 11 is 0.901. The van der Waals surface area contributed by atoms with E-state index in [0.29, 0.717) is 23.0 Å². The summed E-state index contributed by atoms with van der Waals surface area (Å²) in [6.45, 7) is 2.27. The van der Waals surface area contributed by atoms with Crippen molar-refractivity contribution in [2.45, 2.75) is 25.8 Å². The Morgan fingerprint density at radius 2 is 2.04 bits per heavy atom. The van der Waals surface area contributed by atoms with Gasteiger partial charge in [-0.3, -0.25) is 4.79 Å². The Morgan fingerprint density at radius 1 is 1.32 bits per heavy atom. The fraction of sp³-hybridized carbons (Fsp3) is 0.333. The van der Waals surface area contributed by atoms with Crippen LogP contribution in [-0.4, -0.2) is 23.6 Å². The van der Waals surface area contributed by atoms with Crippen LogP contribution in [0.1, 0.15) is 50.7 Å². The molecule has 1 heterocycles. The Kier molecular flexibility index (Phi) is 5.03. The Balaban J connectivity index is 1.63. The number of amides is 1. The highest BCUT2D eigenvalue weighted by Gasteiger charge is 2.23. The van der Waals surface area contributed by atoms with Crippen molar-refractivity contribution in [3.63, 3.8) is 0 Å². The van der Waals surface area contributed by atoms with Gasteiger partial charge in [-0.2, -0.15) is 0 Å². The molecular weight excluding hydrogens is 345 g/mol. The molecule has 5 nitrogen and oxygen atoms in total. The molecule has 7 heteroatoms. The lowest BCUT2D eigenvalue weighted by molar-refractivity contribution is 0.0702. The average Bonchev–Trinajstić information content (AvgIpc) is 3.26. The maximum Gasteiger partial charge on any atom is 0.345 e. The second kappa shape index (κ2) is 7.23. The molecule has 1 aliphatic rings. The summed E-state index contributed by atoms with van der Waals surface area (Å²) in [6.07, 6.45) is 2.27. The molecule has 2 N–H and O–H groups in total. The summed E-state index contributed by atoms with van der Waals surface area (Å²) in [4.78, 5) is 23.5. The Hall–Kier alpha value is -2.41. The van der Waals surface area contributed by atoms with Crippen molar-refractivity contribution in [1.82, 2.24) is 5.32 Å². The third kappa shape index (κ3) is 4.36. The molecule has 2 aromatic rings. The number of hydrogen-bond acceptors (Lipinski definition) is 4. The first-order valence-corrected chi connectivity index (χ1v) is 8.82. The van der Waals surface area contributed by atoms with E-state index in [1.165, 1.54) is 18.2 Å². The van der Waals surface area contributed by atoms with E-state index in [0.717, 1.165) is 24.2 Å². The number of hydrogen-bond donors (Lipinski definition) is 2. The van der Waals surface area contributed by atoms with Crippen molar-refractivity contribution in [2.75, 3.05) is 6.61 Å². The molecule has 0 spiro atoms. The van der Waals surface area contributed by atoms with E-state index >= 15 is 0 Å². The second-order valence-corrected chi connectivity index (χ2v) is 7.19. The van der Waals surface area contributed by atoms with Crippen LogP contribution in [0.2, 0.25) is 0 Å². The monoisotopic (exact) mass is 363 g/mol. The van der Waals surface area contributed by atoms with Crippen LogP contribution in [-0.2, 0) is 0 Å². The molecule has 1 aromatic heterocycles. The van der Waals surface area contributed by atoms with Crippen molar-refractivity contribution in [3.8, 4) is 5.75 Å². The van der Waals surface area contributed by atoms with Gasteiger partial charge in [-0.15, -0.1) is 11.3 Å². The predicted molar refractivity (Wildman–Crippen MR) is 91.8 cm³/mol. The summed E-state index contributed by atoms with van der Waals surface area (Å²) in [6, 6.07) is 7.07. The number of carboxylic acids is 1. The molecule has 1 amide bonds. The lowest BCUT2D eigenvalue weighted by Gasteiger charge is -2.15. The summed E-state index contributed by atoms with van der Waals surface area (Å²) in [5, 5.41) is 11.6. The fourth-order valence-corrected chi connectivity index (χ4v) is 3.07. The first-order chi connectivity index (χ1) is 11.9. The molecule has 1 unspecified atom stereocenters. The van der Waals surface area contributed by atoms with Gasteiger partial charge in [-0.1, -0.05) is 6.07 Å². The van der Waals surface area contributed by atoms with Gasteiger partial charge in [0.25, 0.3) is 5.91 Å². The van der Waals surface area contributed by atoms with Crippen molar-refractivity contribution < 1.29 is 23.8 Å². The number of carbonyl (C=O) groups is 2. The van der Waals surface area contributed by atoms with Gasteiger partial charge in [0, 0.05) is 0 Å². The van der Waals surface area contributed by atoms with Crippen molar-refractivity contribution >= 4 is 23.2 Å². The highest BCUT2D eigenvalue weighted by Crippen LogP contribution is 2.30. The SMILES string of the molecule is CC(NC(=O)c1ccc(C(=O)O)s1)c1ccc(OCC2CC2)c(F)c1. The minimum absolute atomic E-state index is 0.0982. The van der Waals surface area contributed by atoms with Crippen LogP contribution in [0.5, 0.6) is 5.75 Å². The largest absolute Gasteiger partial charge is 0.490 e. The normalized spacial score (nSPS) is 14.8. The highest BCUT2D eigenvalue weighted by atomic mass is 32.1. The van der Waals surface area contributed by atoms with E-state index in [1.54, 1.807) is 19.1 Å². The van der Waals surface area contributed by atoms with E-state index in [2.05, 4.69) is 5.32 Å². The minimum atomic E-state index is -1.07. The zero-order chi connectivity index (χ0) is 18.0. The summed E-state index contributed by atoms with van der Waals surface area (Å²) in [5.74, 6) is -1.15. The van der Waals surface area contributed by atoms with E-state index in [4.69, 9.17) is 9.84 Å². The van der Waals surface area contributed by atoms with Gasteiger partial charge in [-0.05, 0) is 55.5 Å². The van der Waals surface area contributed by atoms with E-state index in [-0.39, 0.29) is 16.5 Å². The molecule has 1 fully saturated rings. The van der Waals surface area contributed by atoms with Gasteiger partial charge in [0.1, 0.15) is 4.88 Å². The summed E-state index contributed by atoms with van der Waals surface area (Å²) in [7, 11) is 0. The quantitative estimate of drug-likeness (QED) is 0.783. The number of ether oxygens (including phenoxy) is 1. The molecule has 0 radical (unpaired) electrons. The minimum Gasteiger partial charge on any atom is -0.490 e. The molecular formula is C18H18FNO4S. The smallest absolute Gasteiger partial charge is 0.345 e. The van der Waals surface area contributed by atoms with Gasteiger partial charge in [0.15, 0.2) is 11.6 Å². The number of carbonyl (C=O) groups excluding carboxylic acids is 1. The molecule has 132 valence electrons. The van der Waals surface area contributed by atoms with E-state index in [1.807, 2.05) is 0 Å². The first-order valence-electron chi connectivity index (χ1n) is 8.00.